The number of halogens is 1. The van der Waals surface area contributed by atoms with Crippen LogP contribution in [0.15, 0.2) is 24.3 Å². The van der Waals surface area contributed by atoms with Crippen molar-refractivity contribution in [3.8, 4) is 0 Å². The van der Waals surface area contributed by atoms with E-state index < -0.39 is 5.97 Å². The minimum absolute atomic E-state index is 0.103. The maximum atomic E-state index is 13.3. The van der Waals surface area contributed by atoms with Gasteiger partial charge < -0.3 is 10.0 Å². The van der Waals surface area contributed by atoms with Gasteiger partial charge in [-0.15, -0.1) is 0 Å². The Hall–Kier alpha value is -1.59. The van der Waals surface area contributed by atoms with E-state index in [1.54, 1.807) is 0 Å². The van der Waals surface area contributed by atoms with Crippen LogP contribution in [0.4, 0.5) is 0 Å². The second-order valence-corrected chi connectivity index (χ2v) is 8.08. The number of carboxylic acids is 1. The van der Waals surface area contributed by atoms with Gasteiger partial charge in [-0.3, -0.25) is 14.5 Å². The highest BCUT2D eigenvalue weighted by atomic mass is 35.5. The third kappa shape index (κ3) is 2.83. The number of amides is 1. The summed E-state index contributed by atoms with van der Waals surface area (Å²) in [5.41, 5.74) is 0.716. The van der Waals surface area contributed by atoms with Gasteiger partial charge in [-0.25, -0.2) is 0 Å². The molecule has 6 heteroatoms. The monoisotopic (exact) mass is 362 g/mol. The number of carbonyl (C=O) groups excluding carboxylic acids is 1. The van der Waals surface area contributed by atoms with E-state index in [4.69, 9.17) is 16.7 Å². The lowest BCUT2D eigenvalue weighted by atomic mass is 9.62. The number of fused-ring (bicyclic) bond motifs is 1. The molecule has 2 atom stereocenters. The summed E-state index contributed by atoms with van der Waals surface area (Å²) >= 11 is 6.00. The summed E-state index contributed by atoms with van der Waals surface area (Å²) in [5.74, 6) is -0.102. The molecule has 3 fully saturated rings. The predicted molar refractivity (Wildman–Crippen MR) is 94.7 cm³/mol. The normalized spacial score (nSPS) is 27.8. The molecule has 5 nitrogen and oxygen atoms in total. The number of aliphatic carboxylic acids is 1. The molecule has 2 aliphatic heterocycles. The molecular weight excluding hydrogens is 340 g/mol. The number of hydrogen-bond donors (Lipinski definition) is 1. The number of carboxylic acid groups (broad SMARTS) is 1. The average molecular weight is 363 g/mol. The van der Waals surface area contributed by atoms with Crippen molar-refractivity contribution in [1.29, 1.82) is 0 Å². The van der Waals surface area contributed by atoms with Crippen LogP contribution in [0.2, 0.25) is 5.02 Å². The van der Waals surface area contributed by atoms with Gasteiger partial charge in [-0.1, -0.05) is 30.2 Å². The van der Waals surface area contributed by atoms with E-state index in [-0.39, 0.29) is 23.9 Å². The average Bonchev–Trinajstić information content (AvgIpc) is 2.50. The lowest BCUT2D eigenvalue weighted by molar-refractivity contribution is -0.159. The molecule has 1 aromatic rings. The van der Waals surface area contributed by atoms with E-state index in [0.29, 0.717) is 10.9 Å². The first kappa shape index (κ1) is 16.9. The van der Waals surface area contributed by atoms with Crippen LogP contribution in [0.25, 0.3) is 0 Å². The largest absolute Gasteiger partial charge is 0.480 e. The minimum atomic E-state index is -0.776. The van der Waals surface area contributed by atoms with Gasteiger partial charge in [-0.05, 0) is 37.0 Å². The summed E-state index contributed by atoms with van der Waals surface area (Å²) in [6.45, 7) is 2.40. The zero-order valence-corrected chi connectivity index (χ0v) is 14.9. The molecule has 25 heavy (non-hydrogen) atoms. The second kappa shape index (κ2) is 6.29. The lowest BCUT2D eigenvalue weighted by Crippen LogP contribution is -2.68. The zero-order valence-electron chi connectivity index (χ0n) is 14.2. The van der Waals surface area contributed by atoms with Crippen LogP contribution in [0.5, 0.6) is 0 Å². The predicted octanol–water partition coefficient (Wildman–Crippen LogP) is 2.38. The Morgan fingerprint density at radius 1 is 1.20 bits per heavy atom. The first-order valence-electron chi connectivity index (χ1n) is 9.01. The van der Waals surface area contributed by atoms with E-state index in [1.807, 2.05) is 29.2 Å². The maximum Gasteiger partial charge on any atom is 0.317 e. The van der Waals surface area contributed by atoms with E-state index in [1.165, 1.54) is 0 Å². The Kier molecular flexibility index (Phi) is 4.24. The van der Waals surface area contributed by atoms with Crippen LogP contribution >= 0.6 is 11.6 Å². The summed E-state index contributed by atoms with van der Waals surface area (Å²) < 4.78 is 0. The molecule has 0 radical (unpaired) electrons. The standard InChI is InChI=1S/C19H23ClN2O3/c20-15-4-2-14(3-5-15)19(7-1-8-19)18(25)22-11-13-10-21(12-17(23)24)9-6-16(13)22/h2-5,13,16H,1,6-12H2,(H,23,24)/t13-,16-/m0/s1. The molecule has 3 aliphatic rings. The highest BCUT2D eigenvalue weighted by Gasteiger charge is 2.53. The number of carbonyl (C=O) groups is 2. The van der Waals surface area contributed by atoms with Gasteiger partial charge in [0.1, 0.15) is 0 Å². The van der Waals surface area contributed by atoms with Gasteiger partial charge in [0.2, 0.25) is 5.91 Å². The molecule has 2 heterocycles. The van der Waals surface area contributed by atoms with E-state index in [2.05, 4.69) is 4.90 Å². The van der Waals surface area contributed by atoms with Gasteiger partial charge >= 0.3 is 5.97 Å². The highest BCUT2D eigenvalue weighted by Crippen LogP contribution is 2.48. The number of hydrogen-bond acceptors (Lipinski definition) is 3. The molecule has 0 bridgehead atoms. The van der Waals surface area contributed by atoms with Gasteiger partial charge in [0.25, 0.3) is 0 Å². The second-order valence-electron chi connectivity index (χ2n) is 7.65. The van der Waals surface area contributed by atoms with Crippen molar-refractivity contribution in [2.24, 2.45) is 5.92 Å². The summed E-state index contributed by atoms with van der Waals surface area (Å²) in [5, 5.41) is 9.65. The fraction of sp³-hybridized carbons (Fsp3) is 0.579. The first-order valence-corrected chi connectivity index (χ1v) is 9.39. The van der Waals surface area contributed by atoms with Gasteiger partial charge in [0.15, 0.2) is 0 Å². The van der Waals surface area contributed by atoms with Crippen molar-refractivity contribution >= 4 is 23.5 Å². The molecule has 2 saturated heterocycles. The molecule has 1 saturated carbocycles. The number of rotatable bonds is 4. The van der Waals surface area contributed by atoms with Gasteiger partial charge in [0.05, 0.1) is 12.0 Å². The smallest absolute Gasteiger partial charge is 0.317 e. The van der Waals surface area contributed by atoms with E-state index in [9.17, 15) is 9.59 Å². The summed E-state index contributed by atoms with van der Waals surface area (Å²) in [6, 6.07) is 8.00. The van der Waals surface area contributed by atoms with Crippen LogP contribution < -0.4 is 0 Å². The number of likely N-dealkylation sites (tertiary alicyclic amines) is 2. The Morgan fingerprint density at radius 3 is 2.48 bits per heavy atom. The topological polar surface area (TPSA) is 60.9 Å². The molecule has 1 N–H and O–H groups in total. The summed E-state index contributed by atoms with van der Waals surface area (Å²) in [4.78, 5) is 28.2. The Bertz CT molecular complexity index is 686. The molecule has 0 spiro atoms. The fourth-order valence-corrected chi connectivity index (χ4v) is 4.83. The van der Waals surface area contributed by atoms with Gasteiger partial charge in [-0.2, -0.15) is 0 Å². The van der Waals surface area contributed by atoms with Crippen molar-refractivity contribution in [2.45, 2.75) is 37.1 Å². The maximum absolute atomic E-state index is 13.3. The molecule has 1 aromatic carbocycles. The van der Waals surface area contributed by atoms with E-state index >= 15 is 0 Å². The lowest BCUT2D eigenvalue weighted by Gasteiger charge is -2.57. The Balaban J connectivity index is 1.45. The Labute approximate surface area is 152 Å². The van der Waals surface area contributed by atoms with Crippen LogP contribution in [-0.2, 0) is 15.0 Å². The molecule has 1 amide bonds. The summed E-state index contributed by atoms with van der Waals surface area (Å²) in [7, 11) is 0. The van der Waals surface area contributed by atoms with Crippen molar-refractivity contribution < 1.29 is 14.7 Å². The molecule has 4 rings (SSSR count). The van der Waals surface area contributed by atoms with E-state index in [0.717, 1.165) is 50.9 Å². The van der Waals surface area contributed by atoms with Crippen molar-refractivity contribution in [3.05, 3.63) is 34.9 Å². The number of benzene rings is 1. The molecule has 134 valence electrons. The molecule has 0 unspecified atom stereocenters. The highest BCUT2D eigenvalue weighted by molar-refractivity contribution is 6.30. The van der Waals surface area contributed by atoms with Crippen LogP contribution in [0.1, 0.15) is 31.2 Å². The zero-order chi connectivity index (χ0) is 17.6. The minimum Gasteiger partial charge on any atom is -0.480 e. The van der Waals surface area contributed by atoms with Crippen LogP contribution in [0, 0.1) is 5.92 Å². The SMILES string of the molecule is O=C(O)CN1CC[C@H]2[C@@H](C1)CN2C(=O)C1(c2ccc(Cl)cc2)CCC1. The molecular formula is C19H23ClN2O3. The Morgan fingerprint density at radius 2 is 1.92 bits per heavy atom. The fourth-order valence-electron chi connectivity index (χ4n) is 4.70. The number of piperidine rings is 1. The number of nitrogens with zero attached hydrogens (tertiary/aromatic N) is 2. The quantitative estimate of drug-likeness (QED) is 0.893. The van der Waals surface area contributed by atoms with Crippen molar-refractivity contribution in [2.75, 3.05) is 26.2 Å². The van der Waals surface area contributed by atoms with Crippen molar-refractivity contribution in [3.63, 3.8) is 0 Å². The first-order chi connectivity index (χ1) is 12.0. The molecule has 0 aromatic heterocycles. The van der Waals surface area contributed by atoms with Crippen LogP contribution in [-0.4, -0.2) is 59.0 Å². The molecule has 1 aliphatic carbocycles. The third-order valence-corrected chi connectivity index (χ3v) is 6.49. The summed E-state index contributed by atoms with van der Waals surface area (Å²) in [6.07, 6.45) is 3.78. The van der Waals surface area contributed by atoms with Gasteiger partial charge in [0, 0.05) is 36.6 Å². The van der Waals surface area contributed by atoms with Crippen LogP contribution in [0.3, 0.4) is 0 Å². The third-order valence-electron chi connectivity index (χ3n) is 6.24. The van der Waals surface area contributed by atoms with Crippen molar-refractivity contribution in [1.82, 2.24) is 9.80 Å².